The molecular weight excluding hydrogens is 378 g/mol. The average Bonchev–Trinajstić information content (AvgIpc) is 3.18. The predicted octanol–water partition coefficient (Wildman–Crippen LogP) is 6.60. The first-order valence-corrected chi connectivity index (χ1v) is 11.6. The van der Waals surface area contributed by atoms with Gasteiger partial charge in [-0.1, -0.05) is 37.5 Å². The van der Waals surface area contributed by atoms with Crippen molar-refractivity contribution >= 4 is 33.3 Å². The molecule has 1 saturated carbocycles. The molecule has 2 heterocycles. The molecule has 5 heteroatoms. The second-order valence-electron chi connectivity index (χ2n) is 8.23. The highest BCUT2D eigenvalue weighted by atomic mass is 32.1. The maximum absolute atomic E-state index is 12.8. The molecule has 1 N–H and O–H groups in total. The number of pyridine rings is 1. The van der Waals surface area contributed by atoms with E-state index in [0.29, 0.717) is 0 Å². The van der Waals surface area contributed by atoms with Gasteiger partial charge in [-0.3, -0.25) is 4.79 Å². The van der Waals surface area contributed by atoms with E-state index in [1.807, 2.05) is 31.2 Å². The van der Waals surface area contributed by atoms with Crippen molar-refractivity contribution in [3.8, 4) is 10.6 Å². The Labute approximate surface area is 176 Å². The molecule has 1 amide bonds. The van der Waals surface area contributed by atoms with E-state index in [4.69, 9.17) is 0 Å². The SMILES string of the molecule is CCCCC1CCC(C(=O)Nc2ccc(-c3nc4cccnc4s3)cc2C)CC1. The monoisotopic (exact) mass is 407 g/mol. The van der Waals surface area contributed by atoms with E-state index >= 15 is 0 Å². The molecule has 152 valence electrons. The number of aryl methyl sites for hydroxylation is 1. The third-order valence-electron chi connectivity index (χ3n) is 6.08. The summed E-state index contributed by atoms with van der Waals surface area (Å²) in [5.74, 6) is 1.16. The Morgan fingerprint density at radius 3 is 2.76 bits per heavy atom. The van der Waals surface area contributed by atoms with Crippen LogP contribution in [0.1, 0.15) is 57.4 Å². The molecule has 1 aromatic carbocycles. The van der Waals surface area contributed by atoms with Crippen molar-refractivity contribution in [2.24, 2.45) is 11.8 Å². The van der Waals surface area contributed by atoms with Gasteiger partial charge in [-0.15, -0.1) is 0 Å². The molecule has 4 rings (SSSR count). The van der Waals surface area contributed by atoms with Crippen LogP contribution in [0.4, 0.5) is 5.69 Å². The van der Waals surface area contributed by atoms with E-state index in [9.17, 15) is 4.79 Å². The van der Waals surface area contributed by atoms with Crippen molar-refractivity contribution < 1.29 is 4.79 Å². The minimum absolute atomic E-state index is 0.155. The van der Waals surface area contributed by atoms with Crippen molar-refractivity contribution in [3.05, 3.63) is 42.1 Å². The maximum Gasteiger partial charge on any atom is 0.227 e. The first-order valence-electron chi connectivity index (χ1n) is 10.8. The quantitative estimate of drug-likeness (QED) is 0.501. The maximum atomic E-state index is 12.8. The van der Waals surface area contributed by atoms with Crippen LogP contribution in [-0.4, -0.2) is 15.9 Å². The molecule has 4 nitrogen and oxygen atoms in total. The van der Waals surface area contributed by atoms with Gasteiger partial charge in [-0.2, -0.15) is 0 Å². The number of rotatable bonds is 6. The topological polar surface area (TPSA) is 54.9 Å². The lowest BCUT2D eigenvalue weighted by Gasteiger charge is -2.28. The number of carbonyl (C=O) groups excluding carboxylic acids is 1. The van der Waals surface area contributed by atoms with Crippen LogP contribution in [0.5, 0.6) is 0 Å². The highest BCUT2D eigenvalue weighted by Crippen LogP contribution is 2.34. The van der Waals surface area contributed by atoms with Gasteiger partial charge >= 0.3 is 0 Å². The summed E-state index contributed by atoms with van der Waals surface area (Å²) in [6, 6.07) is 10.1. The van der Waals surface area contributed by atoms with E-state index in [1.54, 1.807) is 17.5 Å². The summed E-state index contributed by atoms with van der Waals surface area (Å²) < 4.78 is 0. The van der Waals surface area contributed by atoms with E-state index in [1.165, 1.54) is 32.1 Å². The standard InChI is InChI=1S/C24H29N3OS/c1-3-4-6-17-8-10-18(11-9-17)22(28)26-20-13-12-19(15-16(20)2)23-27-21-7-5-14-25-24(21)29-23/h5,7,12-15,17-18H,3-4,6,8-11H2,1-2H3,(H,26,28). The lowest BCUT2D eigenvalue weighted by atomic mass is 9.79. The fourth-order valence-corrected chi connectivity index (χ4v) is 5.17. The highest BCUT2D eigenvalue weighted by Gasteiger charge is 2.26. The van der Waals surface area contributed by atoms with Crippen molar-refractivity contribution in [1.82, 2.24) is 9.97 Å². The van der Waals surface area contributed by atoms with Crippen LogP contribution in [0.15, 0.2) is 36.5 Å². The molecular formula is C24H29N3OS. The van der Waals surface area contributed by atoms with Crippen LogP contribution in [0.3, 0.4) is 0 Å². The minimum Gasteiger partial charge on any atom is -0.326 e. The van der Waals surface area contributed by atoms with Gasteiger partial charge in [0, 0.05) is 23.4 Å². The largest absolute Gasteiger partial charge is 0.326 e. The number of thiazole rings is 1. The molecule has 1 fully saturated rings. The van der Waals surface area contributed by atoms with E-state index < -0.39 is 0 Å². The van der Waals surface area contributed by atoms with Crippen LogP contribution in [-0.2, 0) is 4.79 Å². The summed E-state index contributed by atoms with van der Waals surface area (Å²) in [5.41, 5.74) is 3.97. The number of unbranched alkanes of at least 4 members (excludes halogenated alkanes) is 1. The number of nitrogens with one attached hydrogen (secondary N) is 1. The van der Waals surface area contributed by atoms with Crippen LogP contribution < -0.4 is 5.32 Å². The van der Waals surface area contributed by atoms with Crippen molar-refractivity contribution in [2.45, 2.75) is 58.8 Å². The number of aromatic nitrogens is 2. The van der Waals surface area contributed by atoms with Crippen LogP contribution in [0, 0.1) is 18.8 Å². The first-order chi connectivity index (χ1) is 14.1. The van der Waals surface area contributed by atoms with E-state index in [2.05, 4.69) is 28.3 Å². The molecule has 0 bridgehead atoms. The average molecular weight is 408 g/mol. The summed E-state index contributed by atoms with van der Waals surface area (Å²) in [6.07, 6.45) is 10.1. The summed E-state index contributed by atoms with van der Waals surface area (Å²) >= 11 is 1.60. The summed E-state index contributed by atoms with van der Waals surface area (Å²) in [4.78, 5) is 22.8. The zero-order valence-corrected chi connectivity index (χ0v) is 18.1. The highest BCUT2D eigenvalue weighted by molar-refractivity contribution is 7.21. The number of hydrogen-bond donors (Lipinski definition) is 1. The fourth-order valence-electron chi connectivity index (χ4n) is 4.27. The lowest BCUT2D eigenvalue weighted by Crippen LogP contribution is -2.27. The van der Waals surface area contributed by atoms with Gasteiger partial charge in [0.1, 0.15) is 15.4 Å². The lowest BCUT2D eigenvalue weighted by molar-refractivity contribution is -0.121. The van der Waals surface area contributed by atoms with Gasteiger partial charge in [0.25, 0.3) is 0 Å². The second kappa shape index (κ2) is 9.04. The molecule has 0 spiro atoms. The Morgan fingerprint density at radius 1 is 1.21 bits per heavy atom. The summed E-state index contributed by atoms with van der Waals surface area (Å²) in [6.45, 7) is 4.30. The molecule has 0 atom stereocenters. The van der Waals surface area contributed by atoms with Gasteiger partial charge in [-0.25, -0.2) is 9.97 Å². The van der Waals surface area contributed by atoms with E-state index in [0.717, 1.165) is 50.9 Å². The predicted molar refractivity (Wildman–Crippen MR) is 121 cm³/mol. The zero-order valence-electron chi connectivity index (χ0n) is 17.3. The fraction of sp³-hybridized carbons (Fsp3) is 0.458. The van der Waals surface area contributed by atoms with Gasteiger partial charge in [0.05, 0.1) is 0 Å². The summed E-state index contributed by atoms with van der Waals surface area (Å²) in [5, 5.41) is 4.14. The van der Waals surface area contributed by atoms with Crippen LogP contribution in [0.25, 0.3) is 20.9 Å². The zero-order chi connectivity index (χ0) is 20.2. The number of hydrogen-bond acceptors (Lipinski definition) is 4. The third-order valence-corrected chi connectivity index (χ3v) is 7.11. The number of anilines is 1. The molecule has 1 aliphatic carbocycles. The van der Waals surface area contributed by atoms with E-state index in [-0.39, 0.29) is 11.8 Å². The molecule has 2 aromatic heterocycles. The number of amides is 1. The Hall–Kier alpha value is -2.27. The molecule has 0 unspecified atom stereocenters. The smallest absolute Gasteiger partial charge is 0.227 e. The van der Waals surface area contributed by atoms with Crippen molar-refractivity contribution in [3.63, 3.8) is 0 Å². The summed E-state index contributed by atoms with van der Waals surface area (Å²) in [7, 11) is 0. The Morgan fingerprint density at radius 2 is 2.03 bits per heavy atom. The Bertz CT molecular complexity index is 956. The molecule has 1 aliphatic rings. The Balaban J connectivity index is 1.40. The molecule has 0 aliphatic heterocycles. The minimum atomic E-state index is 0.155. The van der Waals surface area contributed by atoms with Crippen molar-refractivity contribution in [1.29, 1.82) is 0 Å². The third kappa shape index (κ3) is 4.67. The number of nitrogens with zero attached hydrogens (tertiary/aromatic N) is 2. The number of carbonyl (C=O) groups is 1. The molecule has 3 aromatic rings. The molecule has 0 radical (unpaired) electrons. The van der Waals surface area contributed by atoms with Crippen molar-refractivity contribution in [2.75, 3.05) is 5.32 Å². The van der Waals surface area contributed by atoms with Crippen LogP contribution in [0.2, 0.25) is 0 Å². The van der Waals surface area contributed by atoms with Gasteiger partial charge in [-0.05, 0) is 74.4 Å². The Kier molecular flexibility index (Phi) is 6.24. The second-order valence-corrected chi connectivity index (χ2v) is 9.20. The normalized spacial score (nSPS) is 19.4. The number of fused-ring (bicyclic) bond motifs is 1. The first kappa shape index (κ1) is 20.0. The van der Waals surface area contributed by atoms with Gasteiger partial charge < -0.3 is 5.32 Å². The van der Waals surface area contributed by atoms with Gasteiger partial charge in [0.15, 0.2) is 0 Å². The number of benzene rings is 1. The molecule has 0 saturated heterocycles. The van der Waals surface area contributed by atoms with Crippen LogP contribution >= 0.6 is 11.3 Å². The molecule has 29 heavy (non-hydrogen) atoms. The van der Waals surface area contributed by atoms with Gasteiger partial charge in [0.2, 0.25) is 5.91 Å².